The third-order valence-electron chi connectivity index (χ3n) is 3.27. The van der Waals surface area contributed by atoms with E-state index in [9.17, 15) is 4.79 Å². The first kappa shape index (κ1) is 12.0. The van der Waals surface area contributed by atoms with Crippen molar-refractivity contribution in [2.75, 3.05) is 6.54 Å². The molecule has 1 unspecified atom stereocenters. The number of hydrogen-bond acceptors (Lipinski definition) is 3. The standard InChI is InChI=1S/C13H18N2O2/c1-9(10-2-3-10)6-14-8-12-5-4-11(7-15-12)13(16)17/h4-5,7,9-10,14H,2-3,6,8H2,1H3,(H,16,17). The monoisotopic (exact) mass is 234 g/mol. The van der Waals surface area contributed by atoms with Crippen LogP contribution in [0.5, 0.6) is 0 Å². The Morgan fingerprint density at radius 2 is 2.35 bits per heavy atom. The van der Waals surface area contributed by atoms with Gasteiger partial charge in [0, 0.05) is 12.7 Å². The fourth-order valence-corrected chi connectivity index (χ4v) is 1.92. The van der Waals surface area contributed by atoms with Gasteiger partial charge >= 0.3 is 5.97 Å². The first-order valence-corrected chi connectivity index (χ1v) is 6.05. The topological polar surface area (TPSA) is 62.2 Å². The summed E-state index contributed by atoms with van der Waals surface area (Å²) in [5, 5.41) is 12.1. The number of nitrogens with one attached hydrogen (secondary N) is 1. The van der Waals surface area contributed by atoms with Gasteiger partial charge in [0.15, 0.2) is 0 Å². The van der Waals surface area contributed by atoms with E-state index in [2.05, 4.69) is 17.2 Å². The Kier molecular flexibility index (Phi) is 3.74. The average molecular weight is 234 g/mol. The van der Waals surface area contributed by atoms with Crippen molar-refractivity contribution >= 4 is 5.97 Å². The van der Waals surface area contributed by atoms with Gasteiger partial charge in [-0.1, -0.05) is 6.92 Å². The summed E-state index contributed by atoms with van der Waals surface area (Å²) < 4.78 is 0. The Hall–Kier alpha value is -1.42. The van der Waals surface area contributed by atoms with Crippen molar-refractivity contribution in [1.82, 2.24) is 10.3 Å². The van der Waals surface area contributed by atoms with E-state index in [4.69, 9.17) is 5.11 Å². The van der Waals surface area contributed by atoms with Gasteiger partial charge < -0.3 is 10.4 Å². The maximum Gasteiger partial charge on any atom is 0.337 e. The molecule has 0 bridgehead atoms. The van der Waals surface area contributed by atoms with E-state index in [-0.39, 0.29) is 5.56 Å². The van der Waals surface area contributed by atoms with E-state index < -0.39 is 5.97 Å². The molecule has 0 amide bonds. The fraction of sp³-hybridized carbons (Fsp3) is 0.538. The van der Waals surface area contributed by atoms with Crippen molar-refractivity contribution in [3.63, 3.8) is 0 Å². The second-order valence-electron chi connectivity index (χ2n) is 4.79. The minimum absolute atomic E-state index is 0.236. The number of carbonyl (C=O) groups is 1. The number of nitrogens with zero attached hydrogens (tertiary/aromatic N) is 1. The van der Waals surface area contributed by atoms with Crippen LogP contribution in [-0.4, -0.2) is 22.6 Å². The molecule has 0 saturated heterocycles. The third kappa shape index (κ3) is 3.53. The number of pyridine rings is 1. The molecule has 2 rings (SSSR count). The van der Waals surface area contributed by atoms with Crippen LogP contribution in [0.3, 0.4) is 0 Å². The summed E-state index contributed by atoms with van der Waals surface area (Å²) in [7, 11) is 0. The van der Waals surface area contributed by atoms with Crippen LogP contribution in [0.25, 0.3) is 0 Å². The van der Waals surface area contributed by atoms with E-state index in [1.807, 2.05) is 0 Å². The van der Waals surface area contributed by atoms with Crippen molar-refractivity contribution in [2.45, 2.75) is 26.3 Å². The van der Waals surface area contributed by atoms with Crippen molar-refractivity contribution in [3.05, 3.63) is 29.6 Å². The fourth-order valence-electron chi connectivity index (χ4n) is 1.92. The SMILES string of the molecule is CC(CNCc1ccc(C(=O)O)cn1)C1CC1. The molecule has 1 aromatic rings. The second-order valence-corrected chi connectivity index (χ2v) is 4.79. The Morgan fingerprint density at radius 3 is 2.88 bits per heavy atom. The van der Waals surface area contributed by atoms with E-state index in [0.717, 1.165) is 24.1 Å². The molecule has 4 nitrogen and oxygen atoms in total. The van der Waals surface area contributed by atoms with Crippen LogP contribution in [0.2, 0.25) is 0 Å². The molecule has 1 heterocycles. The van der Waals surface area contributed by atoms with Crippen LogP contribution in [0, 0.1) is 11.8 Å². The van der Waals surface area contributed by atoms with Crippen LogP contribution in [0.1, 0.15) is 35.8 Å². The molecule has 1 aliphatic rings. The summed E-state index contributed by atoms with van der Waals surface area (Å²) in [5.41, 5.74) is 1.12. The molecule has 1 atom stereocenters. The summed E-state index contributed by atoms with van der Waals surface area (Å²) >= 11 is 0. The molecule has 1 aromatic heterocycles. The number of hydrogen-bond donors (Lipinski definition) is 2. The minimum atomic E-state index is -0.931. The Balaban J connectivity index is 1.76. The normalized spacial score (nSPS) is 16.8. The van der Waals surface area contributed by atoms with Crippen LogP contribution < -0.4 is 5.32 Å². The highest BCUT2D eigenvalue weighted by Crippen LogP contribution is 2.36. The molecule has 0 aliphatic heterocycles. The predicted molar refractivity (Wildman–Crippen MR) is 64.8 cm³/mol. The molecule has 1 fully saturated rings. The Bertz CT molecular complexity index is 385. The van der Waals surface area contributed by atoms with Gasteiger partial charge in [-0.3, -0.25) is 4.98 Å². The minimum Gasteiger partial charge on any atom is -0.478 e. The molecule has 4 heteroatoms. The van der Waals surface area contributed by atoms with Crippen molar-refractivity contribution in [2.24, 2.45) is 11.8 Å². The average Bonchev–Trinajstić information content (AvgIpc) is 3.13. The number of rotatable bonds is 6. The van der Waals surface area contributed by atoms with Crippen molar-refractivity contribution in [1.29, 1.82) is 0 Å². The lowest BCUT2D eigenvalue weighted by Gasteiger charge is -2.10. The zero-order chi connectivity index (χ0) is 12.3. The van der Waals surface area contributed by atoms with Gasteiger partial charge in [-0.15, -0.1) is 0 Å². The number of carboxylic acid groups (broad SMARTS) is 1. The molecule has 1 aliphatic carbocycles. The van der Waals surface area contributed by atoms with Gasteiger partial charge in [-0.05, 0) is 43.4 Å². The summed E-state index contributed by atoms with van der Waals surface area (Å²) in [6.45, 7) is 3.98. The summed E-state index contributed by atoms with van der Waals surface area (Å²) in [6.07, 6.45) is 4.15. The highest BCUT2D eigenvalue weighted by molar-refractivity contribution is 5.87. The molecule has 1 saturated carbocycles. The van der Waals surface area contributed by atoms with Gasteiger partial charge in [-0.25, -0.2) is 4.79 Å². The van der Waals surface area contributed by atoms with Crippen molar-refractivity contribution in [3.8, 4) is 0 Å². The van der Waals surface area contributed by atoms with Crippen LogP contribution in [0.15, 0.2) is 18.3 Å². The van der Waals surface area contributed by atoms with Gasteiger partial charge in [0.1, 0.15) is 0 Å². The van der Waals surface area contributed by atoms with Crippen molar-refractivity contribution < 1.29 is 9.90 Å². The smallest absolute Gasteiger partial charge is 0.337 e. The molecule has 92 valence electrons. The summed E-state index contributed by atoms with van der Waals surface area (Å²) in [5.74, 6) is 0.706. The largest absolute Gasteiger partial charge is 0.478 e. The third-order valence-corrected chi connectivity index (χ3v) is 3.27. The van der Waals surface area contributed by atoms with E-state index in [1.165, 1.54) is 19.0 Å². The maximum absolute atomic E-state index is 10.6. The first-order valence-electron chi connectivity index (χ1n) is 6.05. The lowest BCUT2D eigenvalue weighted by atomic mass is 10.1. The predicted octanol–water partition coefficient (Wildman–Crippen LogP) is 1.92. The summed E-state index contributed by atoms with van der Waals surface area (Å²) in [4.78, 5) is 14.8. The molecule has 0 radical (unpaired) electrons. The Morgan fingerprint density at radius 1 is 1.59 bits per heavy atom. The second kappa shape index (κ2) is 5.27. The highest BCUT2D eigenvalue weighted by Gasteiger charge is 2.27. The number of carboxylic acids is 1. The maximum atomic E-state index is 10.6. The van der Waals surface area contributed by atoms with Gasteiger partial charge in [0.05, 0.1) is 11.3 Å². The first-order chi connectivity index (χ1) is 8.16. The highest BCUT2D eigenvalue weighted by atomic mass is 16.4. The molecular formula is C13H18N2O2. The lowest BCUT2D eigenvalue weighted by molar-refractivity contribution is 0.0696. The van der Waals surface area contributed by atoms with Crippen LogP contribution in [-0.2, 0) is 6.54 Å². The number of aromatic nitrogens is 1. The summed E-state index contributed by atoms with van der Waals surface area (Å²) in [6, 6.07) is 3.36. The quantitative estimate of drug-likeness (QED) is 0.789. The van der Waals surface area contributed by atoms with Crippen LogP contribution >= 0.6 is 0 Å². The van der Waals surface area contributed by atoms with E-state index in [1.54, 1.807) is 12.1 Å². The zero-order valence-electron chi connectivity index (χ0n) is 10.0. The van der Waals surface area contributed by atoms with Crippen LogP contribution in [0.4, 0.5) is 0 Å². The van der Waals surface area contributed by atoms with E-state index >= 15 is 0 Å². The molecule has 17 heavy (non-hydrogen) atoms. The van der Waals surface area contributed by atoms with E-state index in [0.29, 0.717) is 6.54 Å². The molecular weight excluding hydrogens is 216 g/mol. The lowest BCUT2D eigenvalue weighted by Crippen LogP contribution is -2.22. The van der Waals surface area contributed by atoms with Gasteiger partial charge in [0.25, 0.3) is 0 Å². The number of aromatic carboxylic acids is 1. The van der Waals surface area contributed by atoms with Gasteiger partial charge in [0.2, 0.25) is 0 Å². The zero-order valence-corrected chi connectivity index (χ0v) is 10.0. The van der Waals surface area contributed by atoms with Gasteiger partial charge in [-0.2, -0.15) is 0 Å². The molecule has 0 aromatic carbocycles. The molecule has 0 spiro atoms. The Labute approximate surface area is 101 Å². The molecule has 2 N–H and O–H groups in total.